The first-order chi connectivity index (χ1) is 9.92. The second-order valence-corrected chi connectivity index (χ2v) is 6.91. The highest BCUT2D eigenvalue weighted by Gasteiger charge is 2.15. The van der Waals surface area contributed by atoms with E-state index in [1.165, 1.54) is 6.07 Å². The van der Waals surface area contributed by atoms with Gasteiger partial charge < -0.3 is 5.32 Å². The maximum Gasteiger partial charge on any atom is 0.261 e. The molecule has 2 N–H and O–H groups in total. The Balaban J connectivity index is 2.29. The van der Waals surface area contributed by atoms with Crippen molar-refractivity contribution in [3.63, 3.8) is 0 Å². The molecule has 2 aromatic carbocycles. The van der Waals surface area contributed by atoms with Crippen LogP contribution in [0.1, 0.15) is 5.56 Å². The van der Waals surface area contributed by atoms with Crippen LogP contribution in [0.4, 0.5) is 5.69 Å². The average Bonchev–Trinajstić information content (AvgIpc) is 2.43. The molecule has 112 valence electrons. The standard InChI is InChI=1S/C14H14Cl2N2O2S/c1-17-9-10-3-2-4-12(7-10)21(19,20)18-11-5-6-13(15)14(16)8-11/h2-8,17-18H,9H2,1H3. The summed E-state index contributed by atoms with van der Waals surface area (Å²) in [5, 5.41) is 3.64. The molecular weight excluding hydrogens is 331 g/mol. The average molecular weight is 345 g/mol. The number of anilines is 1. The van der Waals surface area contributed by atoms with Crippen molar-refractivity contribution in [1.82, 2.24) is 5.32 Å². The lowest BCUT2D eigenvalue weighted by molar-refractivity contribution is 0.601. The summed E-state index contributed by atoms with van der Waals surface area (Å²) < 4.78 is 27.2. The third-order valence-corrected chi connectivity index (χ3v) is 4.88. The van der Waals surface area contributed by atoms with E-state index in [1.54, 1.807) is 37.4 Å². The van der Waals surface area contributed by atoms with Crippen molar-refractivity contribution in [3.05, 3.63) is 58.1 Å². The van der Waals surface area contributed by atoms with Gasteiger partial charge in [0.25, 0.3) is 10.0 Å². The normalized spacial score (nSPS) is 11.4. The maximum absolute atomic E-state index is 12.3. The fourth-order valence-electron chi connectivity index (χ4n) is 1.80. The third kappa shape index (κ3) is 4.11. The molecule has 7 heteroatoms. The molecule has 4 nitrogen and oxygen atoms in total. The molecule has 2 aromatic rings. The summed E-state index contributed by atoms with van der Waals surface area (Å²) in [7, 11) is -1.86. The summed E-state index contributed by atoms with van der Waals surface area (Å²) in [4.78, 5) is 0.196. The SMILES string of the molecule is CNCc1cccc(S(=O)(=O)Nc2ccc(Cl)c(Cl)c2)c1. The van der Waals surface area contributed by atoms with Crippen molar-refractivity contribution in [2.45, 2.75) is 11.4 Å². The Morgan fingerprint density at radius 3 is 2.48 bits per heavy atom. The van der Waals surface area contributed by atoms with Gasteiger partial charge in [-0.15, -0.1) is 0 Å². The van der Waals surface area contributed by atoms with E-state index in [0.29, 0.717) is 22.3 Å². The first-order valence-electron chi connectivity index (χ1n) is 6.14. The molecular formula is C14H14Cl2N2O2S. The predicted molar refractivity (Wildman–Crippen MR) is 86.5 cm³/mol. The summed E-state index contributed by atoms with van der Waals surface area (Å²) in [6.45, 7) is 0.593. The fraction of sp³-hybridized carbons (Fsp3) is 0.143. The van der Waals surface area contributed by atoms with E-state index in [9.17, 15) is 8.42 Å². The molecule has 0 spiro atoms. The molecule has 0 heterocycles. The Bertz CT molecular complexity index is 748. The Kier molecular flexibility index (Phi) is 5.11. The summed E-state index contributed by atoms with van der Waals surface area (Å²) >= 11 is 11.7. The van der Waals surface area contributed by atoms with Gasteiger partial charge in [0.2, 0.25) is 0 Å². The highest BCUT2D eigenvalue weighted by atomic mass is 35.5. The van der Waals surface area contributed by atoms with Crippen LogP contribution >= 0.6 is 23.2 Å². The van der Waals surface area contributed by atoms with E-state index in [4.69, 9.17) is 23.2 Å². The van der Waals surface area contributed by atoms with Gasteiger partial charge >= 0.3 is 0 Å². The topological polar surface area (TPSA) is 58.2 Å². The Labute approximate surface area is 134 Å². The van der Waals surface area contributed by atoms with Crippen molar-refractivity contribution < 1.29 is 8.42 Å². The smallest absolute Gasteiger partial charge is 0.261 e. The van der Waals surface area contributed by atoms with E-state index in [1.807, 2.05) is 6.07 Å². The van der Waals surface area contributed by atoms with Crippen molar-refractivity contribution in [1.29, 1.82) is 0 Å². The lowest BCUT2D eigenvalue weighted by Crippen LogP contribution is -2.14. The van der Waals surface area contributed by atoms with Gasteiger partial charge in [-0.3, -0.25) is 4.72 Å². The van der Waals surface area contributed by atoms with Crippen LogP contribution in [-0.2, 0) is 16.6 Å². The van der Waals surface area contributed by atoms with Crippen LogP contribution in [0.15, 0.2) is 47.4 Å². The molecule has 0 saturated heterocycles. The van der Waals surface area contributed by atoms with Crippen LogP contribution in [0, 0.1) is 0 Å². The highest BCUT2D eigenvalue weighted by Crippen LogP contribution is 2.26. The lowest BCUT2D eigenvalue weighted by Gasteiger charge is -2.10. The van der Waals surface area contributed by atoms with Crippen molar-refractivity contribution >= 4 is 38.9 Å². The molecule has 0 aliphatic heterocycles. The molecule has 0 fully saturated rings. The number of sulfonamides is 1. The molecule has 0 atom stereocenters. The van der Waals surface area contributed by atoms with Gasteiger partial charge in [0.15, 0.2) is 0 Å². The van der Waals surface area contributed by atoms with Crippen LogP contribution in [0.3, 0.4) is 0 Å². The Morgan fingerprint density at radius 1 is 1.05 bits per heavy atom. The van der Waals surface area contributed by atoms with Crippen LogP contribution in [0.5, 0.6) is 0 Å². The molecule has 0 radical (unpaired) electrons. The van der Waals surface area contributed by atoms with E-state index < -0.39 is 10.0 Å². The third-order valence-electron chi connectivity index (χ3n) is 2.76. The predicted octanol–water partition coefficient (Wildman–Crippen LogP) is 3.51. The summed E-state index contributed by atoms with van der Waals surface area (Å²) in [6.07, 6.45) is 0. The summed E-state index contributed by atoms with van der Waals surface area (Å²) in [5.74, 6) is 0. The first kappa shape index (κ1) is 16.1. The van der Waals surface area contributed by atoms with Gasteiger partial charge in [-0.05, 0) is 42.9 Å². The molecule has 21 heavy (non-hydrogen) atoms. The van der Waals surface area contributed by atoms with Crippen LogP contribution in [-0.4, -0.2) is 15.5 Å². The molecule has 0 aliphatic carbocycles. The molecule has 2 rings (SSSR count). The van der Waals surface area contributed by atoms with Gasteiger partial charge in [-0.1, -0.05) is 35.3 Å². The van der Waals surface area contributed by atoms with E-state index in [0.717, 1.165) is 5.56 Å². The minimum atomic E-state index is -3.66. The number of halogens is 2. The van der Waals surface area contributed by atoms with Crippen molar-refractivity contribution in [2.75, 3.05) is 11.8 Å². The quantitative estimate of drug-likeness (QED) is 0.872. The van der Waals surface area contributed by atoms with E-state index in [2.05, 4.69) is 10.0 Å². The van der Waals surface area contributed by atoms with Gasteiger partial charge in [0.1, 0.15) is 0 Å². The largest absolute Gasteiger partial charge is 0.316 e. The Hall–Kier alpha value is -1.27. The zero-order valence-electron chi connectivity index (χ0n) is 11.2. The van der Waals surface area contributed by atoms with Crippen LogP contribution < -0.4 is 10.0 Å². The van der Waals surface area contributed by atoms with E-state index >= 15 is 0 Å². The highest BCUT2D eigenvalue weighted by molar-refractivity contribution is 7.92. The molecule has 0 aliphatic rings. The van der Waals surface area contributed by atoms with Gasteiger partial charge in [0.05, 0.1) is 20.6 Å². The second-order valence-electron chi connectivity index (χ2n) is 4.41. The van der Waals surface area contributed by atoms with Gasteiger partial charge in [-0.25, -0.2) is 8.42 Å². The number of hydrogen-bond acceptors (Lipinski definition) is 3. The number of nitrogens with one attached hydrogen (secondary N) is 2. The monoisotopic (exact) mass is 344 g/mol. The number of hydrogen-bond donors (Lipinski definition) is 2. The zero-order chi connectivity index (χ0) is 15.5. The summed E-state index contributed by atoms with van der Waals surface area (Å²) in [5.41, 5.74) is 1.25. The number of benzene rings is 2. The second kappa shape index (κ2) is 6.66. The summed E-state index contributed by atoms with van der Waals surface area (Å²) in [6, 6.07) is 11.3. The number of rotatable bonds is 5. The minimum Gasteiger partial charge on any atom is -0.316 e. The fourth-order valence-corrected chi connectivity index (χ4v) is 3.22. The lowest BCUT2D eigenvalue weighted by atomic mass is 10.2. The maximum atomic E-state index is 12.3. The zero-order valence-corrected chi connectivity index (χ0v) is 13.6. The van der Waals surface area contributed by atoms with Crippen molar-refractivity contribution in [2.24, 2.45) is 0 Å². The molecule has 0 bridgehead atoms. The van der Waals surface area contributed by atoms with Gasteiger partial charge in [-0.2, -0.15) is 0 Å². The Morgan fingerprint density at radius 2 is 1.81 bits per heavy atom. The molecule has 0 saturated carbocycles. The molecule has 0 aromatic heterocycles. The minimum absolute atomic E-state index is 0.196. The van der Waals surface area contributed by atoms with Gasteiger partial charge in [0, 0.05) is 6.54 Å². The first-order valence-corrected chi connectivity index (χ1v) is 8.38. The van der Waals surface area contributed by atoms with Crippen LogP contribution in [0.2, 0.25) is 10.0 Å². The van der Waals surface area contributed by atoms with E-state index in [-0.39, 0.29) is 4.90 Å². The molecule has 0 unspecified atom stereocenters. The van der Waals surface area contributed by atoms with Crippen LogP contribution in [0.25, 0.3) is 0 Å². The molecule has 0 amide bonds. The van der Waals surface area contributed by atoms with Crippen molar-refractivity contribution in [3.8, 4) is 0 Å².